The van der Waals surface area contributed by atoms with Crippen LogP contribution in [0.3, 0.4) is 0 Å². The first-order valence-electron chi connectivity index (χ1n) is 6.99. The smallest absolute Gasteiger partial charge is 0.407 e. The second kappa shape index (κ2) is 6.62. The van der Waals surface area contributed by atoms with Crippen LogP contribution in [-0.4, -0.2) is 34.4 Å². The number of hydrogen-bond donors (Lipinski definition) is 3. The predicted octanol–water partition coefficient (Wildman–Crippen LogP) is 1.69. The summed E-state index contributed by atoms with van der Waals surface area (Å²) in [7, 11) is 0. The summed E-state index contributed by atoms with van der Waals surface area (Å²) in [6.07, 6.45) is 1.48. The van der Waals surface area contributed by atoms with Crippen LogP contribution in [0.2, 0.25) is 0 Å². The molecule has 0 bridgehead atoms. The van der Waals surface area contributed by atoms with Gasteiger partial charge in [-0.3, -0.25) is 4.79 Å². The van der Waals surface area contributed by atoms with E-state index in [4.69, 9.17) is 4.74 Å². The van der Waals surface area contributed by atoms with Gasteiger partial charge in [0.2, 0.25) is 0 Å². The molecule has 0 spiro atoms. The maximum atomic E-state index is 11.9. The van der Waals surface area contributed by atoms with Gasteiger partial charge in [-0.1, -0.05) is 42.5 Å². The number of carboxylic acids is 1. The van der Waals surface area contributed by atoms with Crippen LogP contribution in [0.1, 0.15) is 18.9 Å². The van der Waals surface area contributed by atoms with Crippen LogP contribution in [0, 0.1) is 5.41 Å². The van der Waals surface area contributed by atoms with Crippen molar-refractivity contribution in [2.75, 3.05) is 0 Å². The second-order valence-electron chi connectivity index (χ2n) is 5.56. The maximum Gasteiger partial charge on any atom is 0.407 e. The van der Waals surface area contributed by atoms with Crippen molar-refractivity contribution in [2.45, 2.75) is 32.1 Å². The molecule has 2 rings (SSSR count). The first-order chi connectivity index (χ1) is 10.4. The van der Waals surface area contributed by atoms with Crippen molar-refractivity contribution in [1.82, 2.24) is 5.32 Å². The van der Waals surface area contributed by atoms with Crippen LogP contribution in [0.15, 0.2) is 42.5 Å². The number of benzene rings is 1. The van der Waals surface area contributed by atoms with E-state index in [1.807, 2.05) is 30.3 Å². The number of aliphatic hydroxyl groups excluding tert-OH is 1. The van der Waals surface area contributed by atoms with Crippen molar-refractivity contribution in [2.24, 2.45) is 5.41 Å². The molecule has 0 unspecified atom stereocenters. The Hall–Kier alpha value is -2.34. The van der Waals surface area contributed by atoms with Gasteiger partial charge in [0.25, 0.3) is 0 Å². The van der Waals surface area contributed by atoms with E-state index in [0.717, 1.165) is 5.56 Å². The fourth-order valence-electron chi connectivity index (χ4n) is 2.40. The Labute approximate surface area is 128 Å². The average molecular weight is 305 g/mol. The molecule has 6 nitrogen and oxygen atoms in total. The Balaban J connectivity index is 1.97. The monoisotopic (exact) mass is 305 g/mol. The summed E-state index contributed by atoms with van der Waals surface area (Å²) in [5, 5.41) is 21.5. The zero-order valence-corrected chi connectivity index (χ0v) is 12.2. The molecule has 1 aromatic carbocycles. The zero-order chi connectivity index (χ0) is 16.2. The largest absolute Gasteiger partial charge is 0.481 e. The summed E-state index contributed by atoms with van der Waals surface area (Å²) in [4.78, 5) is 23.3. The SMILES string of the molecule is C[C@]1(C(=O)O)C[C@@H](O)C=C[C@H]1NC(=O)OCc1ccccc1. The van der Waals surface area contributed by atoms with Gasteiger partial charge in [-0.15, -0.1) is 0 Å². The summed E-state index contributed by atoms with van der Waals surface area (Å²) >= 11 is 0. The highest BCUT2D eigenvalue weighted by atomic mass is 16.5. The molecule has 0 heterocycles. The highest BCUT2D eigenvalue weighted by Gasteiger charge is 2.44. The van der Waals surface area contributed by atoms with Crippen molar-refractivity contribution in [3.63, 3.8) is 0 Å². The van der Waals surface area contributed by atoms with Crippen LogP contribution >= 0.6 is 0 Å². The second-order valence-corrected chi connectivity index (χ2v) is 5.56. The van der Waals surface area contributed by atoms with Crippen molar-refractivity contribution >= 4 is 12.1 Å². The number of carbonyl (C=O) groups excluding carboxylic acids is 1. The van der Waals surface area contributed by atoms with Gasteiger partial charge in [0.1, 0.15) is 6.61 Å². The van der Waals surface area contributed by atoms with Gasteiger partial charge in [0, 0.05) is 0 Å². The molecule has 1 aliphatic rings. The number of carboxylic acid groups (broad SMARTS) is 1. The molecule has 6 heteroatoms. The van der Waals surface area contributed by atoms with E-state index >= 15 is 0 Å². The topological polar surface area (TPSA) is 95.9 Å². The number of carbonyl (C=O) groups is 2. The zero-order valence-electron chi connectivity index (χ0n) is 12.2. The molecule has 1 aromatic rings. The number of amides is 1. The Kier molecular flexibility index (Phi) is 4.82. The normalized spacial score (nSPS) is 27.2. The van der Waals surface area contributed by atoms with E-state index in [-0.39, 0.29) is 13.0 Å². The standard InChI is InChI=1S/C16H19NO5/c1-16(14(19)20)9-12(18)7-8-13(16)17-15(21)22-10-11-5-3-2-4-6-11/h2-8,12-13,18H,9-10H2,1H3,(H,17,21)(H,19,20)/t12-,13+,16-/m0/s1. The predicted molar refractivity (Wildman–Crippen MR) is 79.1 cm³/mol. The minimum absolute atomic E-state index is 0.0302. The number of hydrogen-bond acceptors (Lipinski definition) is 4. The molecule has 0 saturated heterocycles. The first kappa shape index (κ1) is 16.0. The van der Waals surface area contributed by atoms with E-state index in [1.165, 1.54) is 19.1 Å². The number of ether oxygens (including phenoxy) is 1. The van der Waals surface area contributed by atoms with Gasteiger partial charge in [0.05, 0.1) is 17.6 Å². The molecular formula is C16H19NO5. The summed E-state index contributed by atoms with van der Waals surface area (Å²) in [6.45, 7) is 1.60. The molecule has 0 aromatic heterocycles. The Bertz CT molecular complexity index is 571. The van der Waals surface area contributed by atoms with Crippen molar-refractivity contribution in [3.8, 4) is 0 Å². The molecule has 1 amide bonds. The number of nitrogens with one attached hydrogen (secondary N) is 1. The summed E-state index contributed by atoms with van der Waals surface area (Å²) in [5.74, 6) is -1.08. The van der Waals surface area contributed by atoms with Gasteiger partial charge in [-0.25, -0.2) is 4.79 Å². The Morgan fingerprint density at radius 1 is 1.32 bits per heavy atom. The number of rotatable bonds is 4. The summed E-state index contributed by atoms with van der Waals surface area (Å²) in [5.41, 5.74) is -0.437. The molecule has 0 fully saturated rings. The molecule has 0 saturated carbocycles. The van der Waals surface area contributed by atoms with E-state index < -0.39 is 29.6 Å². The lowest BCUT2D eigenvalue weighted by molar-refractivity contribution is -0.151. The molecule has 0 aliphatic heterocycles. The molecule has 3 N–H and O–H groups in total. The average Bonchev–Trinajstić information content (AvgIpc) is 2.49. The van der Waals surface area contributed by atoms with Gasteiger partial charge in [-0.2, -0.15) is 0 Å². The minimum atomic E-state index is -1.28. The quantitative estimate of drug-likeness (QED) is 0.736. The van der Waals surface area contributed by atoms with E-state index in [2.05, 4.69) is 5.32 Å². The number of alkyl carbamates (subject to hydrolysis) is 1. The van der Waals surface area contributed by atoms with Crippen molar-refractivity contribution in [3.05, 3.63) is 48.0 Å². The van der Waals surface area contributed by atoms with Crippen LogP contribution < -0.4 is 5.32 Å². The van der Waals surface area contributed by atoms with Crippen LogP contribution in [0.5, 0.6) is 0 Å². The minimum Gasteiger partial charge on any atom is -0.481 e. The van der Waals surface area contributed by atoms with Gasteiger partial charge in [0.15, 0.2) is 0 Å². The van der Waals surface area contributed by atoms with Crippen molar-refractivity contribution in [1.29, 1.82) is 0 Å². The lowest BCUT2D eigenvalue weighted by Crippen LogP contribution is -2.52. The van der Waals surface area contributed by atoms with Gasteiger partial charge in [-0.05, 0) is 18.9 Å². The first-order valence-corrected chi connectivity index (χ1v) is 6.99. The third-order valence-corrected chi connectivity index (χ3v) is 3.82. The maximum absolute atomic E-state index is 11.9. The third kappa shape index (κ3) is 3.65. The molecule has 3 atom stereocenters. The van der Waals surface area contributed by atoms with Gasteiger partial charge >= 0.3 is 12.1 Å². The highest BCUT2D eigenvalue weighted by molar-refractivity contribution is 5.78. The molecule has 118 valence electrons. The Morgan fingerprint density at radius 3 is 2.64 bits per heavy atom. The molecule has 0 radical (unpaired) electrons. The van der Waals surface area contributed by atoms with Crippen LogP contribution in [-0.2, 0) is 16.1 Å². The van der Waals surface area contributed by atoms with E-state index in [9.17, 15) is 19.8 Å². The Morgan fingerprint density at radius 2 is 2.00 bits per heavy atom. The molecule has 22 heavy (non-hydrogen) atoms. The van der Waals surface area contributed by atoms with Crippen LogP contribution in [0.25, 0.3) is 0 Å². The highest BCUT2D eigenvalue weighted by Crippen LogP contribution is 2.33. The molecule has 1 aliphatic carbocycles. The third-order valence-electron chi connectivity index (χ3n) is 3.82. The van der Waals surface area contributed by atoms with Crippen LogP contribution in [0.4, 0.5) is 4.79 Å². The summed E-state index contributed by atoms with van der Waals surface area (Å²) in [6, 6.07) is 8.45. The van der Waals surface area contributed by atoms with Gasteiger partial charge < -0.3 is 20.3 Å². The number of aliphatic hydroxyl groups is 1. The van der Waals surface area contributed by atoms with E-state index in [1.54, 1.807) is 0 Å². The fourth-order valence-corrected chi connectivity index (χ4v) is 2.40. The lowest BCUT2D eigenvalue weighted by Gasteiger charge is -2.36. The van der Waals surface area contributed by atoms with Crippen molar-refractivity contribution < 1.29 is 24.5 Å². The number of aliphatic carboxylic acids is 1. The fraction of sp³-hybridized carbons (Fsp3) is 0.375. The lowest BCUT2D eigenvalue weighted by atomic mass is 9.74. The summed E-state index contributed by atoms with van der Waals surface area (Å²) < 4.78 is 5.09. The molecular weight excluding hydrogens is 286 g/mol. The van der Waals surface area contributed by atoms with E-state index in [0.29, 0.717) is 0 Å².